The highest BCUT2D eigenvalue weighted by atomic mass is 16.5. The Morgan fingerprint density at radius 1 is 0.789 bits per heavy atom. The van der Waals surface area contributed by atoms with E-state index in [0.717, 1.165) is 11.1 Å². The van der Waals surface area contributed by atoms with Crippen molar-refractivity contribution in [1.82, 2.24) is 16.1 Å². The fraction of sp³-hybridized carbons (Fsp3) is 0.214. The van der Waals surface area contributed by atoms with E-state index in [9.17, 15) is 14.4 Å². The minimum Gasteiger partial charge on any atom is -0.493 e. The predicted octanol–water partition coefficient (Wildman–Crippen LogP) is 2.21. The van der Waals surface area contributed by atoms with Crippen molar-refractivity contribution in [2.45, 2.75) is 13.0 Å². The molecule has 3 aromatic rings. The van der Waals surface area contributed by atoms with E-state index >= 15 is 0 Å². The van der Waals surface area contributed by atoms with Gasteiger partial charge in [-0.2, -0.15) is 5.10 Å². The summed E-state index contributed by atoms with van der Waals surface area (Å²) in [5.41, 5.74) is 4.61. The van der Waals surface area contributed by atoms with E-state index in [4.69, 9.17) is 14.2 Å². The molecular weight excluding hydrogens is 488 g/mol. The topological polar surface area (TPSA) is 127 Å². The van der Waals surface area contributed by atoms with Gasteiger partial charge in [-0.3, -0.25) is 14.4 Å². The summed E-state index contributed by atoms with van der Waals surface area (Å²) in [7, 11) is 3.10. The largest absolute Gasteiger partial charge is 0.493 e. The molecule has 0 saturated carbocycles. The van der Waals surface area contributed by atoms with Crippen LogP contribution in [0.1, 0.15) is 16.7 Å². The highest BCUT2D eigenvalue weighted by Gasteiger charge is 2.12. The third kappa shape index (κ3) is 8.66. The molecule has 0 aromatic heterocycles. The molecule has 0 radical (unpaired) electrons. The smallest absolute Gasteiger partial charge is 0.329 e. The standard InChI is InChI=1S/C28H30N4O6/c1-36-24-13-12-20(16-25(24)37-2)14-15-29-27(34)28(35)32-31-18-22-10-6-7-11-23(22)38-19-26(33)30-17-21-8-4-3-5-9-21/h3-13,16,18H,14-15,17,19H2,1-2H3,(H,29,34)(H,30,33)(H,32,35)/b31-18-. The van der Waals surface area contributed by atoms with E-state index in [1.54, 1.807) is 44.6 Å². The fourth-order valence-corrected chi connectivity index (χ4v) is 3.36. The average molecular weight is 519 g/mol. The number of rotatable bonds is 12. The molecule has 0 aliphatic rings. The summed E-state index contributed by atoms with van der Waals surface area (Å²) in [6.07, 6.45) is 1.83. The lowest BCUT2D eigenvalue weighted by Gasteiger charge is -2.10. The predicted molar refractivity (Wildman–Crippen MR) is 142 cm³/mol. The number of hydrazone groups is 1. The number of benzene rings is 3. The monoisotopic (exact) mass is 518 g/mol. The van der Waals surface area contributed by atoms with Gasteiger partial charge in [-0.25, -0.2) is 5.43 Å². The number of methoxy groups -OCH3 is 2. The molecule has 0 atom stereocenters. The summed E-state index contributed by atoms with van der Waals surface area (Å²) in [5, 5.41) is 9.17. The average Bonchev–Trinajstić information content (AvgIpc) is 2.95. The van der Waals surface area contributed by atoms with Gasteiger partial charge in [0.1, 0.15) is 5.75 Å². The van der Waals surface area contributed by atoms with Crippen molar-refractivity contribution < 1.29 is 28.6 Å². The zero-order valence-corrected chi connectivity index (χ0v) is 21.2. The van der Waals surface area contributed by atoms with Crippen LogP contribution in [0.3, 0.4) is 0 Å². The summed E-state index contributed by atoms with van der Waals surface area (Å²) in [5.74, 6) is -0.413. The van der Waals surface area contributed by atoms with Gasteiger partial charge in [0.25, 0.3) is 5.91 Å². The second kappa shape index (κ2) is 14.6. The molecule has 0 unspecified atom stereocenters. The van der Waals surface area contributed by atoms with E-state index in [2.05, 4.69) is 21.2 Å². The minimum atomic E-state index is -0.910. The lowest BCUT2D eigenvalue weighted by molar-refractivity contribution is -0.139. The van der Waals surface area contributed by atoms with Crippen LogP contribution in [0.25, 0.3) is 0 Å². The SMILES string of the molecule is COc1ccc(CCNC(=O)C(=O)N/N=C\c2ccccc2OCC(=O)NCc2ccccc2)cc1OC. The van der Waals surface area contributed by atoms with Gasteiger partial charge in [-0.05, 0) is 41.8 Å². The summed E-state index contributed by atoms with van der Waals surface area (Å²) < 4.78 is 16.1. The van der Waals surface area contributed by atoms with Crippen LogP contribution < -0.4 is 30.3 Å². The molecule has 3 amide bonds. The first kappa shape index (κ1) is 27.7. The van der Waals surface area contributed by atoms with Crippen LogP contribution in [-0.4, -0.2) is 51.3 Å². The van der Waals surface area contributed by atoms with Gasteiger partial charge in [0, 0.05) is 18.7 Å². The Hall–Kier alpha value is -4.86. The second-order valence-corrected chi connectivity index (χ2v) is 7.98. The number of carbonyl (C=O) groups excluding carboxylic acids is 3. The first-order valence-corrected chi connectivity index (χ1v) is 11.8. The molecule has 0 aliphatic heterocycles. The van der Waals surface area contributed by atoms with Crippen LogP contribution in [0.5, 0.6) is 17.2 Å². The molecule has 198 valence electrons. The van der Waals surface area contributed by atoms with Crippen LogP contribution >= 0.6 is 0 Å². The molecule has 0 spiro atoms. The van der Waals surface area contributed by atoms with Gasteiger partial charge >= 0.3 is 11.8 Å². The number of carbonyl (C=O) groups is 3. The Kier molecular flexibility index (Phi) is 10.7. The van der Waals surface area contributed by atoms with E-state index in [1.165, 1.54) is 6.21 Å². The van der Waals surface area contributed by atoms with Gasteiger partial charge in [0.15, 0.2) is 18.1 Å². The van der Waals surface area contributed by atoms with Gasteiger partial charge in [-0.15, -0.1) is 0 Å². The molecule has 10 nitrogen and oxygen atoms in total. The number of para-hydroxylation sites is 1. The number of amides is 3. The molecular formula is C28H30N4O6. The van der Waals surface area contributed by atoms with Crippen molar-refractivity contribution in [3.05, 3.63) is 89.5 Å². The second-order valence-electron chi connectivity index (χ2n) is 7.98. The number of nitrogens with one attached hydrogen (secondary N) is 3. The zero-order valence-electron chi connectivity index (χ0n) is 21.2. The third-order valence-corrected chi connectivity index (χ3v) is 5.33. The number of hydrogen-bond acceptors (Lipinski definition) is 7. The van der Waals surface area contributed by atoms with E-state index < -0.39 is 11.8 Å². The summed E-state index contributed by atoms with van der Waals surface area (Å²) >= 11 is 0. The first-order valence-electron chi connectivity index (χ1n) is 11.8. The lowest BCUT2D eigenvalue weighted by Crippen LogP contribution is -2.38. The minimum absolute atomic E-state index is 0.188. The summed E-state index contributed by atoms with van der Waals surface area (Å²) in [6, 6.07) is 21.9. The summed E-state index contributed by atoms with van der Waals surface area (Å²) in [6.45, 7) is 0.454. The van der Waals surface area contributed by atoms with Crippen molar-refractivity contribution in [3.8, 4) is 17.2 Å². The van der Waals surface area contributed by atoms with Gasteiger partial charge in [-0.1, -0.05) is 48.5 Å². The van der Waals surface area contributed by atoms with Crippen LogP contribution in [0.4, 0.5) is 0 Å². The molecule has 0 heterocycles. The number of hydrogen-bond donors (Lipinski definition) is 3. The van der Waals surface area contributed by atoms with Crippen molar-refractivity contribution in [2.75, 3.05) is 27.4 Å². The molecule has 0 fully saturated rings. The van der Waals surface area contributed by atoms with Gasteiger partial charge in [0.05, 0.1) is 20.4 Å². The Morgan fingerprint density at radius 3 is 2.29 bits per heavy atom. The molecule has 3 N–H and O–H groups in total. The maximum Gasteiger partial charge on any atom is 0.329 e. The molecule has 0 saturated heterocycles. The van der Waals surface area contributed by atoms with E-state index in [0.29, 0.717) is 35.8 Å². The quantitative estimate of drug-likeness (QED) is 0.192. The molecule has 0 bridgehead atoms. The maximum absolute atomic E-state index is 12.1. The summed E-state index contributed by atoms with van der Waals surface area (Å²) in [4.78, 5) is 36.3. The van der Waals surface area contributed by atoms with Crippen LogP contribution in [0.15, 0.2) is 77.9 Å². The Balaban J connectivity index is 1.43. The highest BCUT2D eigenvalue weighted by Crippen LogP contribution is 2.27. The normalized spacial score (nSPS) is 10.5. The van der Waals surface area contributed by atoms with E-state index in [1.807, 2.05) is 42.5 Å². The van der Waals surface area contributed by atoms with Crippen molar-refractivity contribution in [3.63, 3.8) is 0 Å². The van der Waals surface area contributed by atoms with Gasteiger partial charge < -0.3 is 24.8 Å². The fourth-order valence-electron chi connectivity index (χ4n) is 3.36. The van der Waals surface area contributed by atoms with Gasteiger partial charge in [0.2, 0.25) is 0 Å². The maximum atomic E-state index is 12.1. The van der Waals surface area contributed by atoms with Crippen LogP contribution in [0.2, 0.25) is 0 Å². The molecule has 3 aromatic carbocycles. The van der Waals surface area contributed by atoms with Crippen molar-refractivity contribution in [1.29, 1.82) is 0 Å². The third-order valence-electron chi connectivity index (χ3n) is 5.33. The van der Waals surface area contributed by atoms with Crippen LogP contribution in [0, 0.1) is 0 Å². The number of nitrogens with zero attached hydrogens (tertiary/aromatic N) is 1. The Bertz CT molecular complexity index is 1260. The highest BCUT2D eigenvalue weighted by molar-refractivity contribution is 6.35. The van der Waals surface area contributed by atoms with Crippen LogP contribution in [-0.2, 0) is 27.3 Å². The van der Waals surface area contributed by atoms with E-state index in [-0.39, 0.29) is 19.1 Å². The Labute approximate surface area is 221 Å². The molecule has 3 rings (SSSR count). The first-order chi connectivity index (χ1) is 18.5. The zero-order chi connectivity index (χ0) is 27.2. The van der Waals surface area contributed by atoms with Crippen molar-refractivity contribution >= 4 is 23.9 Å². The lowest BCUT2D eigenvalue weighted by atomic mass is 10.1. The van der Waals surface area contributed by atoms with Crippen molar-refractivity contribution in [2.24, 2.45) is 5.10 Å². The molecule has 38 heavy (non-hydrogen) atoms. The molecule has 0 aliphatic carbocycles. The Morgan fingerprint density at radius 2 is 1.53 bits per heavy atom. The number of ether oxygens (including phenoxy) is 3. The molecule has 10 heteroatoms.